The van der Waals surface area contributed by atoms with E-state index < -0.39 is 0 Å². The van der Waals surface area contributed by atoms with Crippen LogP contribution < -0.4 is 10.6 Å². The molecule has 0 spiro atoms. The van der Waals surface area contributed by atoms with Gasteiger partial charge in [0.15, 0.2) is 5.96 Å². The maximum absolute atomic E-state index is 5.28. The van der Waals surface area contributed by atoms with Crippen molar-refractivity contribution in [1.82, 2.24) is 15.6 Å². The van der Waals surface area contributed by atoms with Gasteiger partial charge in [-0.15, -0.1) is 24.0 Å². The average molecular weight is 474 g/mol. The largest absolute Gasteiger partial charge is 0.385 e. The van der Waals surface area contributed by atoms with Crippen LogP contribution in [0.5, 0.6) is 0 Å². The molecule has 1 aliphatic rings. The van der Waals surface area contributed by atoms with E-state index in [-0.39, 0.29) is 24.0 Å². The Kier molecular flexibility index (Phi) is 10.5. The van der Waals surface area contributed by atoms with Crippen molar-refractivity contribution in [3.8, 4) is 0 Å². The van der Waals surface area contributed by atoms with Crippen LogP contribution in [0.4, 0.5) is 0 Å². The van der Waals surface area contributed by atoms with Crippen LogP contribution in [0.2, 0.25) is 0 Å². The third-order valence-corrected chi connectivity index (χ3v) is 5.51. The molecular formula is C20H35IN4O. The molecule has 1 aromatic heterocycles. The SMILES string of the molecule is CN=C(NCC(c1cccnc1)C(C)C)NCC1(CCOC)CCC1.I. The van der Waals surface area contributed by atoms with Gasteiger partial charge in [-0.2, -0.15) is 0 Å². The molecule has 2 rings (SSSR count). The Labute approximate surface area is 175 Å². The van der Waals surface area contributed by atoms with Crippen LogP contribution in [0.25, 0.3) is 0 Å². The van der Waals surface area contributed by atoms with Crippen LogP contribution >= 0.6 is 24.0 Å². The van der Waals surface area contributed by atoms with Gasteiger partial charge in [0.2, 0.25) is 0 Å². The molecule has 1 aliphatic carbocycles. The van der Waals surface area contributed by atoms with Crippen LogP contribution in [-0.4, -0.2) is 44.8 Å². The highest BCUT2D eigenvalue weighted by Gasteiger charge is 2.36. The van der Waals surface area contributed by atoms with Crippen molar-refractivity contribution in [3.63, 3.8) is 0 Å². The van der Waals surface area contributed by atoms with Crippen molar-refractivity contribution in [3.05, 3.63) is 30.1 Å². The fraction of sp³-hybridized carbons (Fsp3) is 0.700. The molecule has 5 nitrogen and oxygen atoms in total. The predicted molar refractivity (Wildman–Crippen MR) is 119 cm³/mol. The fourth-order valence-corrected chi connectivity index (χ4v) is 3.54. The molecular weight excluding hydrogens is 439 g/mol. The van der Waals surface area contributed by atoms with Gasteiger partial charge in [-0.3, -0.25) is 9.98 Å². The first-order valence-electron chi connectivity index (χ1n) is 9.43. The molecule has 0 saturated heterocycles. The third kappa shape index (κ3) is 6.68. The summed E-state index contributed by atoms with van der Waals surface area (Å²) in [6.45, 7) is 7.17. The molecule has 0 radical (unpaired) electrons. The van der Waals surface area contributed by atoms with Crippen LogP contribution in [0.15, 0.2) is 29.5 Å². The number of guanidine groups is 1. The monoisotopic (exact) mass is 474 g/mol. The molecule has 1 fully saturated rings. The summed E-state index contributed by atoms with van der Waals surface area (Å²) in [5.74, 6) is 1.84. The Morgan fingerprint density at radius 2 is 2.12 bits per heavy atom. The Hall–Kier alpha value is -0.890. The van der Waals surface area contributed by atoms with Crippen LogP contribution in [0.3, 0.4) is 0 Å². The van der Waals surface area contributed by atoms with Crippen LogP contribution in [0.1, 0.15) is 51.0 Å². The number of methoxy groups -OCH3 is 1. The second-order valence-corrected chi connectivity index (χ2v) is 7.54. The lowest BCUT2D eigenvalue weighted by Crippen LogP contribution is -2.47. The van der Waals surface area contributed by atoms with Gasteiger partial charge < -0.3 is 15.4 Å². The van der Waals surface area contributed by atoms with E-state index in [1.54, 1.807) is 7.11 Å². The number of aromatic nitrogens is 1. The van der Waals surface area contributed by atoms with Gasteiger partial charge in [0.1, 0.15) is 0 Å². The lowest BCUT2D eigenvalue weighted by Gasteiger charge is -2.42. The number of nitrogens with one attached hydrogen (secondary N) is 2. The van der Waals surface area contributed by atoms with Crippen molar-refractivity contribution in [2.75, 3.05) is 33.9 Å². The zero-order chi connectivity index (χ0) is 18.1. The highest BCUT2D eigenvalue weighted by Crippen LogP contribution is 2.43. The first kappa shape index (κ1) is 23.1. The highest BCUT2D eigenvalue weighted by molar-refractivity contribution is 14.0. The number of pyridine rings is 1. The molecule has 0 aliphatic heterocycles. The number of hydrogen-bond acceptors (Lipinski definition) is 3. The summed E-state index contributed by atoms with van der Waals surface area (Å²) in [4.78, 5) is 8.67. The maximum Gasteiger partial charge on any atom is 0.191 e. The van der Waals surface area contributed by atoms with E-state index in [0.717, 1.165) is 32.1 Å². The van der Waals surface area contributed by atoms with Crippen molar-refractivity contribution < 1.29 is 4.74 Å². The van der Waals surface area contributed by atoms with Gasteiger partial charge in [-0.1, -0.05) is 26.3 Å². The van der Waals surface area contributed by atoms with Crippen LogP contribution in [-0.2, 0) is 4.74 Å². The van der Waals surface area contributed by atoms with Gasteiger partial charge in [0.25, 0.3) is 0 Å². The highest BCUT2D eigenvalue weighted by atomic mass is 127. The van der Waals surface area contributed by atoms with Crippen molar-refractivity contribution in [2.45, 2.75) is 45.4 Å². The van der Waals surface area contributed by atoms with Crippen LogP contribution in [0, 0.1) is 11.3 Å². The first-order valence-corrected chi connectivity index (χ1v) is 9.43. The van der Waals surface area contributed by atoms with Gasteiger partial charge in [-0.25, -0.2) is 0 Å². The van der Waals surface area contributed by atoms with Crippen molar-refractivity contribution in [1.29, 1.82) is 0 Å². The van der Waals surface area contributed by atoms with Gasteiger partial charge in [-0.05, 0) is 42.2 Å². The number of rotatable bonds is 9. The Morgan fingerprint density at radius 1 is 1.35 bits per heavy atom. The number of hydrogen-bond donors (Lipinski definition) is 2. The molecule has 1 heterocycles. The minimum absolute atomic E-state index is 0. The molecule has 0 aromatic carbocycles. The topological polar surface area (TPSA) is 58.5 Å². The summed E-state index contributed by atoms with van der Waals surface area (Å²) in [5, 5.41) is 7.04. The number of halogens is 1. The molecule has 1 aromatic rings. The standard InChI is InChI=1S/C20H34N4O.HI/c1-16(2)18(17-7-5-11-22-13-17)14-23-19(21-3)24-15-20(8-6-9-20)10-12-25-4;/h5,7,11,13,16,18H,6,8-10,12,14-15H2,1-4H3,(H2,21,23,24);1H. The number of nitrogens with zero attached hydrogens (tertiary/aromatic N) is 2. The first-order chi connectivity index (χ1) is 12.1. The summed E-state index contributed by atoms with van der Waals surface area (Å²) < 4.78 is 5.28. The second-order valence-electron chi connectivity index (χ2n) is 7.54. The smallest absolute Gasteiger partial charge is 0.191 e. The van der Waals surface area contributed by atoms with E-state index in [1.807, 2.05) is 25.5 Å². The summed E-state index contributed by atoms with van der Waals surface area (Å²) in [6, 6.07) is 4.16. The summed E-state index contributed by atoms with van der Waals surface area (Å²) >= 11 is 0. The molecule has 1 unspecified atom stereocenters. The molecule has 1 atom stereocenters. The number of ether oxygens (including phenoxy) is 1. The quantitative estimate of drug-likeness (QED) is 0.325. The maximum atomic E-state index is 5.28. The molecule has 1 saturated carbocycles. The molecule has 26 heavy (non-hydrogen) atoms. The Morgan fingerprint density at radius 3 is 2.62 bits per heavy atom. The summed E-state index contributed by atoms with van der Waals surface area (Å²) in [6.07, 6.45) is 8.81. The lowest BCUT2D eigenvalue weighted by atomic mass is 9.67. The van der Waals surface area contributed by atoms with Gasteiger partial charge in [0.05, 0.1) is 0 Å². The zero-order valence-electron chi connectivity index (χ0n) is 16.6. The molecule has 0 bridgehead atoms. The molecule has 148 valence electrons. The third-order valence-electron chi connectivity index (χ3n) is 5.51. The molecule has 6 heteroatoms. The predicted octanol–water partition coefficient (Wildman–Crippen LogP) is 3.81. The fourth-order valence-electron chi connectivity index (χ4n) is 3.54. The minimum Gasteiger partial charge on any atom is -0.385 e. The van der Waals surface area contributed by atoms with E-state index in [4.69, 9.17) is 4.74 Å². The number of aliphatic imine (C=N–C) groups is 1. The Balaban J connectivity index is 0.00000338. The zero-order valence-corrected chi connectivity index (χ0v) is 19.0. The molecule has 0 amide bonds. The normalized spacial score (nSPS) is 17.2. The summed E-state index contributed by atoms with van der Waals surface area (Å²) in [7, 11) is 3.62. The lowest BCUT2D eigenvalue weighted by molar-refractivity contribution is 0.0732. The summed E-state index contributed by atoms with van der Waals surface area (Å²) in [5.41, 5.74) is 1.66. The van der Waals surface area contributed by atoms with Gasteiger partial charge >= 0.3 is 0 Å². The molecule has 2 N–H and O–H groups in total. The second kappa shape index (κ2) is 11.7. The minimum atomic E-state index is 0. The average Bonchev–Trinajstić information content (AvgIpc) is 2.59. The van der Waals surface area contributed by atoms with Crippen molar-refractivity contribution >= 4 is 29.9 Å². The van der Waals surface area contributed by atoms with E-state index in [2.05, 4.69) is 40.5 Å². The van der Waals surface area contributed by atoms with E-state index >= 15 is 0 Å². The van der Waals surface area contributed by atoms with E-state index in [1.165, 1.54) is 24.8 Å². The Bertz CT molecular complexity index is 532. The van der Waals surface area contributed by atoms with Crippen molar-refractivity contribution in [2.24, 2.45) is 16.3 Å². The van der Waals surface area contributed by atoms with Gasteiger partial charge in [0, 0.05) is 52.2 Å². The van der Waals surface area contributed by atoms with E-state index in [9.17, 15) is 0 Å². The van der Waals surface area contributed by atoms with E-state index in [0.29, 0.717) is 17.3 Å².